The third-order valence-electron chi connectivity index (χ3n) is 4.84. The second kappa shape index (κ2) is 7.32. The lowest BCUT2D eigenvalue weighted by atomic mass is 10.1. The molecule has 1 aromatic carbocycles. The molecule has 2 N–H and O–H groups in total. The van der Waals surface area contributed by atoms with E-state index in [-0.39, 0.29) is 29.2 Å². The highest BCUT2D eigenvalue weighted by Gasteiger charge is 2.35. The van der Waals surface area contributed by atoms with Crippen LogP contribution in [0.15, 0.2) is 53.5 Å². The largest absolute Gasteiger partial charge is 0.443 e. The molecule has 1 amide bonds. The van der Waals surface area contributed by atoms with Crippen molar-refractivity contribution in [1.82, 2.24) is 20.1 Å². The van der Waals surface area contributed by atoms with E-state index in [9.17, 15) is 14.3 Å². The minimum atomic E-state index is -0.629. The molecular formula is C19H19FN4O3. The van der Waals surface area contributed by atoms with Gasteiger partial charge in [-0.15, -0.1) is 0 Å². The predicted molar refractivity (Wildman–Crippen MR) is 94.1 cm³/mol. The van der Waals surface area contributed by atoms with Crippen molar-refractivity contribution in [3.05, 3.63) is 60.6 Å². The fourth-order valence-corrected chi connectivity index (χ4v) is 3.55. The maximum Gasteiger partial charge on any atom is 0.274 e. The Morgan fingerprint density at radius 2 is 2.15 bits per heavy atom. The molecule has 8 heteroatoms. The minimum absolute atomic E-state index is 0.115. The van der Waals surface area contributed by atoms with Gasteiger partial charge in [0.1, 0.15) is 5.82 Å². The summed E-state index contributed by atoms with van der Waals surface area (Å²) in [6.07, 6.45) is 5.38. The smallest absolute Gasteiger partial charge is 0.274 e. The Bertz CT molecular complexity index is 907. The zero-order chi connectivity index (χ0) is 18.8. The highest BCUT2D eigenvalue weighted by atomic mass is 19.1. The average molecular weight is 370 g/mol. The van der Waals surface area contributed by atoms with Crippen LogP contribution < -0.4 is 5.32 Å². The normalized spacial score (nSPS) is 22.1. The van der Waals surface area contributed by atoms with E-state index in [0.29, 0.717) is 24.9 Å². The highest BCUT2D eigenvalue weighted by Crippen LogP contribution is 2.29. The topological polar surface area (TPSA) is 93.2 Å². The molecule has 1 fully saturated rings. The lowest BCUT2D eigenvalue weighted by Gasteiger charge is -2.16. The quantitative estimate of drug-likeness (QED) is 0.719. The number of halogens is 1. The number of nitrogens with one attached hydrogen (secondary N) is 1. The molecule has 0 bridgehead atoms. The first kappa shape index (κ1) is 17.4. The number of aliphatic hydroxyl groups is 1. The molecule has 140 valence electrons. The van der Waals surface area contributed by atoms with Gasteiger partial charge in [0.05, 0.1) is 12.1 Å². The Labute approximate surface area is 154 Å². The van der Waals surface area contributed by atoms with Crippen LogP contribution in [0.1, 0.15) is 23.3 Å². The van der Waals surface area contributed by atoms with E-state index < -0.39 is 12.0 Å². The summed E-state index contributed by atoms with van der Waals surface area (Å²) in [6.45, 7) is 0.696. The summed E-state index contributed by atoms with van der Waals surface area (Å²) in [5, 5.41) is 17.3. The molecule has 0 radical (unpaired) electrons. The van der Waals surface area contributed by atoms with Crippen LogP contribution in [-0.4, -0.2) is 37.9 Å². The van der Waals surface area contributed by atoms with Crippen molar-refractivity contribution in [2.24, 2.45) is 5.92 Å². The van der Waals surface area contributed by atoms with Crippen molar-refractivity contribution >= 4 is 5.91 Å². The monoisotopic (exact) mass is 370 g/mol. The molecule has 7 nitrogen and oxygen atoms in total. The van der Waals surface area contributed by atoms with Crippen LogP contribution in [0.25, 0.3) is 11.3 Å². The molecule has 0 saturated heterocycles. The Hall–Kier alpha value is -3.00. The number of aliphatic hydroxyl groups excluding tert-OH is 1. The van der Waals surface area contributed by atoms with Gasteiger partial charge >= 0.3 is 0 Å². The molecule has 27 heavy (non-hydrogen) atoms. The molecule has 4 rings (SSSR count). The van der Waals surface area contributed by atoms with Crippen molar-refractivity contribution in [1.29, 1.82) is 0 Å². The second-order valence-electron chi connectivity index (χ2n) is 6.75. The molecule has 1 saturated carbocycles. The summed E-state index contributed by atoms with van der Waals surface area (Å²) in [5.74, 6) is -0.305. The molecule has 1 unspecified atom stereocenters. The van der Waals surface area contributed by atoms with Gasteiger partial charge in [-0.3, -0.25) is 9.48 Å². The Kier molecular flexibility index (Phi) is 4.72. The van der Waals surface area contributed by atoms with Crippen LogP contribution >= 0.6 is 0 Å². The van der Waals surface area contributed by atoms with E-state index in [1.165, 1.54) is 30.7 Å². The predicted octanol–water partition coefficient (Wildman–Crippen LogP) is 2.25. The first-order valence-electron chi connectivity index (χ1n) is 8.76. The van der Waals surface area contributed by atoms with Crippen LogP contribution in [0.5, 0.6) is 0 Å². The Morgan fingerprint density at radius 3 is 2.89 bits per heavy atom. The molecule has 0 spiro atoms. The summed E-state index contributed by atoms with van der Waals surface area (Å²) >= 11 is 0. The lowest BCUT2D eigenvalue weighted by molar-refractivity contribution is 0.0868. The summed E-state index contributed by atoms with van der Waals surface area (Å²) in [5.41, 5.74) is 0.673. The number of benzene rings is 1. The van der Waals surface area contributed by atoms with E-state index in [4.69, 9.17) is 4.42 Å². The van der Waals surface area contributed by atoms with Gasteiger partial charge in [-0.2, -0.15) is 5.10 Å². The molecule has 1 aliphatic rings. The van der Waals surface area contributed by atoms with Crippen LogP contribution in [-0.2, 0) is 6.54 Å². The standard InChI is InChI=1S/C19H19FN4O3/c20-14-4-2-13(3-5-14)18-17(21-11-27-18)19(26)23-15-8-12(9-16(15)25)10-24-7-1-6-22-24/h1-7,11-12,15-16,25H,8-10H2,(H,23,26)/t12?,15-,16-/m1/s1. The maximum atomic E-state index is 13.1. The number of carbonyl (C=O) groups is 1. The summed E-state index contributed by atoms with van der Waals surface area (Å²) in [4.78, 5) is 16.6. The average Bonchev–Trinajstić information content (AvgIpc) is 3.38. The fraction of sp³-hybridized carbons (Fsp3) is 0.316. The lowest BCUT2D eigenvalue weighted by Crippen LogP contribution is -2.40. The first-order chi connectivity index (χ1) is 13.1. The van der Waals surface area contributed by atoms with Crippen molar-refractivity contribution in [2.45, 2.75) is 31.5 Å². The Balaban J connectivity index is 1.44. The Morgan fingerprint density at radius 1 is 1.33 bits per heavy atom. The van der Waals surface area contributed by atoms with Gasteiger partial charge in [-0.05, 0) is 49.1 Å². The third kappa shape index (κ3) is 3.75. The molecular weight excluding hydrogens is 351 g/mol. The molecule has 2 aromatic heterocycles. The van der Waals surface area contributed by atoms with Gasteiger partial charge in [0.15, 0.2) is 17.8 Å². The van der Waals surface area contributed by atoms with E-state index in [1.54, 1.807) is 6.20 Å². The second-order valence-corrected chi connectivity index (χ2v) is 6.75. The fourth-order valence-electron chi connectivity index (χ4n) is 3.55. The number of carbonyl (C=O) groups excluding carboxylic acids is 1. The van der Waals surface area contributed by atoms with Gasteiger partial charge in [-0.25, -0.2) is 9.37 Å². The van der Waals surface area contributed by atoms with Gasteiger partial charge < -0.3 is 14.8 Å². The van der Waals surface area contributed by atoms with Crippen molar-refractivity contribution < 1.29 is 18.7 Å². The number of rotatable bonds is 5. The SMILES string of the molecule is O=C(N[C@@H]1CC(Cn2cccn2)C[C@H]1O)c1ncoc1-c1ccc(F)cc1. The number of hydrogen-bond donors (Lipinski definition) is 2. The van der Waals surface area contributed by atoms with E-state index in [0.717, 1.165) is 0 Å². The van der Waals surface area contributed by atoms with Crippen LogP contribution in [0.3, 0.4) is 0 Å². The van der Waals surface area contributed by atoms with Crippen molar-refractivity contribution in [3.63, 3.8) is 0 Å². The minimum Gasteiger partial charge on any atom is -0.443 e. The van der Waals surface area contributed by atoms with Gasteiger partial charge in [0.2, 0.25) is 0 Å². The number of oxazole rings is 1. The highest BCUT2D eigenvalue weighted by molar-refractivity contribution is 5.97. The van der Waals surface area contributed by atoms with Crippen molar-refractivity contribution in [2.75, 3.05) is 0 Å². The number of amides is 1. The summed E-state index contributed by atoms with van der Waals surface area (Å²) in [7, 11) is 0. The van der Waals surface area contributed by atoms with Crippen LogP contribution in [0, 0.1) is 11.7 Å². The van der Waals surface area contributed by atoms with Crippen molar-refractivity contribution in [3.8, 4) is 11.3 Å². The third-order valence-corrected chi connectivity index (χ3v) is 4.84. The molecule has 1 aliphatic carbocycles. The number of aromatic nitrogens is 3. The van der Waals surface area contributed by atoms with Crippen LogP contribution in [0.2, 0.25) is 0 Å². The van der Waals surface area contributed by atoms with Gasteiger partial charge in [0, 0.05) is 24.5 Å². The summed E-state index contributed by atoms with van der Waals surface area (Å²) < 4.78 is 20.3. The van der Waals surface area contributed by atoms with E-state index >= 15 is 0 Å². The van der Waals surface area contributed by atoms with Crippen LogP contribution in [0.4, 0.5) is 4.39 Å². The van der Waals surface area contributed by atoms with E-state index in [2.05, 4.69) is 15.4 Å². The van der Waals surface area contributed by atoms with E-state index in [1.807, 2.05) is 16.9 Å². The number of hydrogen-bond acceptors (Lipinski definition) is 5. The molecule has 3 aromatic rings. The first-order valence-corrected chi connectivity index (χ1v) is 8.76. The summed E-state index contributed by atoms with van der Waals surface area (Å²) in [6, 6.07) is 7.12. The van der Waals surface area contributed by atoms with Gasteiger partial charge in [-0.1, -0.05) is 0 Å². The molecule has 3 atom stereocenters. The molecule has 2 heterocycles. The van der Waals surface area contributed by atoms with Gasteiger partial charge in [0.25, 0.3) is 5.91 Å². The molecule has 0 aliphatic heterocycles. The maximum absolute atomic E-state index is 13.1. The zero-order valence-corrected chi connectivity index (χ0v) is 14.5. The number of nitrogens with zero attached hydrogens (tertiary/aromatic N) is 3. The zero-order valence-electron chi connectivity index (χ0n) is 14.5.